The lowest BCUT2D eigenvalue weighted by Gasteiger charge is -2.39. The van der Waals surface area contributed by atoms with Crippen LogP contribution in [0.2, 0.25) is 0 Å². The topological polar surface area (TPSA) is 95.4 Å². The number of carbonyl (C=O) groups excluding carboxylic acids is 1. The van der Waals surface area contributed by atoms with Gasteiger partial charge in [-0.15, -0.1) is 10.2 Å². The molecule has 1 atom stereocenters. The van der Waals surface area contributed by atoms with Crippen molar-refractivity contribution in [1.29, 1.82) is 0 Å². The second-order valence-electron chi connectivity index (χ2n) is 5.25. The molecule has 1 fully saturated rings. The second kappa shape index (κ2) is 6.38. The summed E-state index contributed by atoms with van der Waals surface area (Å²) in [5.74, 6) is -0.827. The first-order chi connectivity index (χ1) is 10.0. The van der Waals surface area contributed by atoms with E-state index in [9.17, 15) is 14.7 Å². The maximum atomic E-state index is 12.3. The molecule has 7 nitrogen and oxygen atoms in total. The minimum Gasteiger partial charge on any atom is -0.481 e. The van der Waals surface area contributed by atoms with E-state index < -0.39 is 11.4 Å². The van der Waals surface area contributed by atoms with Crippen molar-refractivity contribution in [3.63, 3.8) is 0 Å². The summed E-state index contributed by atoms with van der Waals surface area (Å²) in [6.07, 6.45) is 2.60. The third kappa shape index (κ3) is 3.31. The Morgan fingerprint density at radius 1 is 1.43 bits per heavy atom. The van der Waals surface area contributed by atoms with E-state index in [0.717, 1.165) is 11.4 Å². The molecule has 116 valence electrons. The number of hydrogen-bond donors (Lipinski definition) is 2. The Hall–Kier alpha value is -1.70. The van der Waals surface area contributed by atoms with E-state index in [1.807, 2.05) is 13.8 Å². The van der Waals surface area contributed by atoms with Gasteiger partial charge >= 0.3 is 12.0 Å². The summed E-state index contributed by atoms with van der Waals surface area (Å²) in [5.41, 5.74) is -0.828. The van der Waals surface area contributed by atoms with Gasteiger partial charge in [-0.05, 0) is 25.7 Å². The maximum absolute atomic E-state index is 12.3. The van der Waals surface area contributed by atoms with E-state index in [4.69, 9.17) is 0 Å². The van der Waals surface area contributed by atoms with Crippen LogP contribution >= 0.6 is 11.3 Å². The molecule has 2 rings (SSSR count). The Bertz CT molecular complexity index is 533. The number of rotatable bonds is 4. The van der Waals surface area contributed by atoms with Crippen LogP contribution in [0, 0.1) is 5.41 Å². The van der Waals surface area contributed by atoms with E-state index >= 15 is 0 Å². The quantitative estimate of drug-likeness (QED) is 0.888. The van der Waals surface area contributed by atoms with Gasteiger partial charge in [-0.3, -0.25) is 10.1 Å². The van der Waals surface area contributed by atoms with Gasteiger partial charge in [-0.2, -0.15) is 0 Å². The Morgan fingerprint density at radius 3 is 2.76 bits per heavy atom. The number of hydrogen-bond acceptors (Lipinski definition) is 5. The molecule has 2 N–H and O–H groups in total. The fourth-order valence-corrected chi connectivity index (χ4v) is 3.21. The number of carbonyl (C=O) groups is 2. The van der Waals surface area contributed by atoms with Crippen LogP contribution in [-0.2, 0) is 11.2 Å². The molecule has 0 bridgehead atoms. The van der Waals surface area contributed by atoms with Gasteiger partial charge in [0.1, 0.15) is 5.01 Å². The highest BCUT2D eigenvalue weighted by Crippen LogP contribution is 2.34. The molecular formula is C13H20N4O3S. The monoisotopic (exact) mass is 312 g/mol. The maximum Gasteiger partial charge on any atom is 0.323 e. The number of likely N-dealkylation sites (tertiary alicyclic amines) is 1. The summed E-state index contributed by atoms with van der Waals surface area (Å²) in [6, 6.07) is -0.299. The van der Waals surface area contributed by atoms with Gasteiger partial charge in [0.25, 0.3) is 0 Å². The van der Waals surface area contributed by atoms with Crippen molar-refractivity contribution in [3.05, 3.63) is 5.01 Å². The number of carboxylic acid groups (broad SMARTS) is 1. The number of aliphatic carboxylic acids is 1. The first-order valence-corrected chi connectivity index (χ1v) is 7.94. The summed E-state index contributed by atoms with van der Waals surface area (Å²) in [6.45, 7) is 4.64. The molecule has 1 aromatic heterocycles. The van der Waals surface area contributed by atoms with Crippen LogP contribution in [0.1, 0.15) is 38.1 Å². The largest absolute Gasteiger partial charge is 0.481 e. The Labute approximate surface area is 127 Å². The van der Waals surface area contributed by atoms with E-state index in [2.05, 4.69) is 15.5 Å². The average Bonchev–Trinajstić information content (AvgIpc) is 2.94. The van der Waals surface area contributed by atoms with Crippen LogP contribution in [0.15, 0.2) is 0 Å². The number of nitrogens with zero attached hydrogens (tertiary/aromatic N) is 3. The van der Waals surface area contributed by atoms with Gasteiger partial charge < -0.3 is 10.0 Å². The lowest BCUT2D eigenvalue weighted by atomic mass is 9.78. The van der Waals surface area contributed by atoms with Crippen LogP contribution in [-0.4, -0.2) is 45.3 Å². The first kappa shape index (κ1) is 15.7. The van der Waals surface area contributed by atoms with Crippen LogP contribution in [0.4, 0.5) is 9.93 Å². The fourth-order valence-electron chi connectivity index (χ4n) is 2.54. The number of nitrogens with one attached hydrogen (secondary N) is 1. The van der Waals surface area contributed by atoms with E-state index in [1.165, 1.54) is 11.3 Å². The third-order valence-corrected chi connectivity index (χ3v) is 4.96. The standard InChI is InChI=1S/C13H20N4O3S/c1-3-9-15-16-11(21-9)14-12(20)17-7-5-6-13(4-2,8-17)10(18)19/h3-8H2,1-2H3,(H,18,19)(H,14,16,20). The molecule has 1 saturated heterocycles. The molecule has 0 spiro atoms. The highest BCUT2D eigenvalue weighted by molar-refractivity contribution is 7.15. The molecule has 1 aliphatic rings. The normalized spacial score (nSPS) is 22.1. The molecule has 2 amide bonds. The van der Waals surface area contributed by atoms with E-state index in [0.29, 0.717) is 30.9 Å². The molecule has 8 heteroatoms. The van der Waals surface area contributed by atoms with Gasteiger partial charge in [-0.1, -0.05) is 25.2 Å². The van der Waals surface area contributed by atoms with Gasteiger partial charge in [0.05, 0.1) is 5.41 Å². The minimum atomic E-state index is -0.828. The van der Waals surface area contributed by atoms with Crippen molar-refractivity contribution in [2.24, 2.45) is 5.41 Å². The Morgan fingerprint density at radius 2 is 2.19 bits per heavy atom. The number of carboxylic acids is 1. The molecule has 1 aromatic rings. The van der Waals surface area contributed by atoms with Crippen molar-refractivity contribution in [2.45, 2.75) is 39.5 Å². The van der Waals surface area contributed by atoms with Crippen LogP contribution in [0.5, 0.6) is 0 Å². The fraction of sp³-hybridized carbons (Fsp3) is 0.692. The third-order valence-electron chi connectivity index (χ3n) is 3.98. The summed E-state index contributed by atoms with van der Waals surface area (Å²) in [5, 5.41) is 21.3. The molecule has 0 aromatic carbocycles. The Kier molecular flexibility index (Phi) is 4.76. The summed E-state index contributed by atoms with van der Waals surface area (Å²) in [4.78, 5) is 25.3. The SMILES string of the molecule is CCc1nnc(NC(=O)N2CCCC(CC)(C(=O)O)C2)s1. The highest BCUT2D eigenvalue weighted by atomic mass is 32.1. The molecule has 0 saturated carbocycles. The Balaban J connectivity index is 2.03. The zero-order chi connectivity index (χ0) is 15.5. The van der Waals surface area contributed by atoms with E-state index in [1.54, 1.807) is 4.90 Å². The van der Waals surface area contributed by atoms with Crippen molar-refractivity contribution >= 4 is 28.5 Å². The van der Waals surface area contributed by atoms with Gasteiger partial charge in [0.15, 0.2) is 0 Å². The van der Waals surface area contributed by atoms with Crippen molar-refractivity contribution in [3.8, 4) is 0 Å². The lowest BCUT2D eigenvalue weighted by Crippen LogP contribution is -2.50. The summed E-state index contributed by atoms with van der Waals surface area (Å²) in [7, 11) is 0. The van der Waals surface area contributed by atoms with E-state index in [-0.39, 0.29) is 12.6 Å². The number of aromatic nitrogens is 2. The molecule has 21 heavy (non-hydrogen) atoms. The lowest BCUT2D eigenvalue weighted by molar-refractivity contribution is -0.152. The zero-order valence-corrected chi connectivity index (χ0v) is 13.1. The average molecular weight is 312 g/mol. The van der Waals surface area contributed by atoms with Gasteiger partial charge in [0, 0.05) is 13.1 Å². The predicted octanol–water partition coefficient (Wildman–Crippen LogP) is 2.21. The summed E-state index contributed by atoms with van der Waals surface area (Å²) >= 11 is 1.34. The number of anilines is 1. The second-order valence-corrected chi connectivity index (χ2v) is 6.31. The molecule has 0 aliphatic carbocycles. The van der Waals surface area contributed by atoms with Crippen LogP contribution in [0.25, 0.3) is 0 Å². The molecule has 0 radical (unpaired) electrons. The number of piperidine rings is 1. The molecule has 2 heterocycles. The van der Waals surface area contributed by atoms with Gasteiger partial charge in [0.2, 0.25) is 5.13 Å². The highest BCUT2D eigenvalue weighted by Gasteiger charge is 2.42. The predicted molar refractivity (Wildman–Crippen MR) is 79.5 cm³/mol. The zero-order valence-electron chi connectivity index (χ0n) is 12.3. The van der Waals surface area contributed by atoms with Crippen molar-refractivity contribution in [1.82, 2.24) is 15.1 Å². The molecular weight excluding hydrogens is 292 g/mol. The number of amides is 2. The molecule has 1 aliphatic heterocycles. The van der Waals surface area contributed by atoms with Crippen LogP contribution in [0.3, 0.4) is 0 Å². The number of urea groups is 1. The smallest absolute Gasteiger partial charge is 0.323 e. The van der Waals surface area contributed by atoms with Gasteiger partial charge in [-0.25, -0.2) is 4.79 Å². The van der Waals surface area contributed by atoms with Crippen molar-refractivity contribution in [2.75, 3.05) is 18.4 Å². The number of aryl methyl sites for hydroxylation is 1. The summed E-state index contributed by atoms with van der Waals surface area (Å²) < 4.78 is 0. The molecule has 1 unspecified atom stereocenters. The minimum absolute atomic E-state index is 0.240. The van der Waals surface area contributed by atoms with Crippen molar-refractivity contribution < 1.29 is 14.7 Å². The van der Waals surface area contributed by atoms with Crippen LogP contribution < -0.4 is 5.32 Å². The first-order valence-electron chi connectivity index (χ1n) is 7.12.